The van der Waals surface area contributed by atoms with Crippen LogP contribution in [0.3, 0.4) is 0 Å². The first-order valence-electron chi connectivity index (χ1n) is 10.6. The SMILES string of the molecule is O=C(NC[C@H](NC(=O)C1CC1)C(=O)Nc1ccc(N2CCOCC2=O)c(F)c1)c1ccc(Cl)s1. The van der Waals surface area contributed by atoms with Gasteiger partial charge in [0, 0.05) is 24.7 Å². The van der Waals surface area contributed by atoms with Gasteiger partial charge in [0.15, 0.2) is 0 Å². The number of rotatable bonds is 8. The zero-order valence-corrected chi connectivity index (χ0v) is 19.5. The largest absolute Gasteiger partial charge is 0.370 e. The van der Waals surface area contributed by atoms with E-state index in [-0.39, 0.29) is 48.8 Å². The first kappa shape index (κ1) is 24.1. The van der Waals surface area contributed by atoms with Gasteiger partial charge in [-0.25, -0.2) is 4.39 Å². The first-order chi connectivity index (χ1) is 16.3. The molecule has 1 atom stereocenters. The highest BCUT2D eigenvalue weighted by molar-refractivity contribution is 7.18. The van der Waals surface area contributed by atoms with Crippen LogP contribution in [-0.2, 0) is 19.1 Å². The lowest BCUT2D eigenvalue weighted by molar-refractivity contribution is -0.127. The fourth-order valence-electron chi connectivity index (χ4n) is 3.37. The van der Waals surface area contributed by atoms with Crippen LogP contribution in [0.4, 0.5) is 15.8 Å². The van der Waals surface area contributed by atoms with Crippen molar-refractivity contribution in [2.24, 2.45) is 5.92 Å². The van der Waals surface area contributed by atoms with Crippen molar-refractivity contribution in [1.29, 1.82) is 0 Å². The van der Waals surface area contributed by atoms with E-state index in [0.29, 0.717) is 15.8 Å². The van der Waals surface area contributed by atoms with Crippen LogP contribution in [0.25, 0.3) is 0 Å². The van der Waals surface area contributed by atoms with E-state index in [1.165, 1.54) is 17.0 Å². The molecule has 2 heterocycles. The predicted molar refractivity (Wildman–Crippen MR) is 125 cm³/mol. The van der Waals surface area contributed by atoms with E-state index in [1.807, 2.05) is 0 Å². The van der Waals surface area contributed by atoms with Gasteiger partial charge < -0.3 is 25.6 Å². The summed E-state index contributed by atoms with van der Waals surface area (Å²) in [5, 5.41) is 7.83. The maximum absolute atomic E-state index is 14.7. The van der Waals surface area contributed by atoms with E-state index in [2.05, 4.69) is 16.0 Å². The van der Waals surface area contributed by atoms with Gasteiger partial charge in [-0.15, -0.1) is 11.3 Å². The number of nitrogens with zero attached hydrogens (tertiary/aromatic N) is 1. The lowest BCUT2D eigenvalue weighted by Gasteiger charge is -2.27. The summed E-state index contributed by atoms with van der Waals surface area (Å²) in [6.45, 7) is 0.243. The van der Waals surface area contributed by atoms with Crippen molar-refractivity contribution >= 4 is 57.9 Å². The number of benzene rings is 1. The number of ether oxygens (including phenoxy) is 1. The number of hydrogen-bond acceptors (Lipinski definition) is 6. The highest BCUT2D eigenvalue weighted by Crippen LogP contribution is 2.29. The molecule has 34 heavy (non-hydrogen) atoms. The van der Waals surface area contributed by atoms with Gasteiger partial charge in [-0.3, -0.25) is 19.2 Å². The highest BCUT2D eigenvalue weighted by Gasteiger charge is 2.33. The third-order valence-corrected chi connectivity index (χ3v) is 6.57. The summed E-state index contributed by atoms with van der Waals surface area (Å²) in [7, 11) is 0. The summed E-state index contributed by atoms with van der Waals surface area (Å²) >= 11 is 6.95. The van der Waals surface area contributed by atoms with Crippen LogP contribution in [0.5, 0.6) is 0 Å². The fraction of sp³-hybridized carbons (Fsp3) is 0.364. The minimum absolute atomic E-state index is 0.0896. The maximum atomic E-state index is 14.7. The van der Waals surface area contributed by atoms with Crippen LogP contribution in [0.15, 0.2) is 30.3 Å². The van der Waals surface area contributed by atoms with Crippen LogP contribution >= 0.6 is 22.9 Å². The van der Waals surface area contributed by atoms with Crippen LogP contribution < -0.4 is 20.9 Å². The standard InChI is InChI=1S/C22H22ClFN4O5S/c23-18-6-5-17(34-18)22(32)25-10-15(27-20(30)12-1-2-12)21(31)26-13-3-4-16(14(24)9-13)28-7-8-33-11-19(28)29/h3-6,9,12,15H,1-2,7-8,10-11H2,(H,25,32)(H,26,31)(H,27,30)/t15-/m0/s1. The van der Waals surface area contributed by atoms with Crippen molar-refractivity contribution < 1.29 is 28.3 Å². The summed E-state index contributed by atoms with van der Waals surface area (Å²) in [5.41, 5.74) is 0.237. The Morgan fingerprint density at radius 2 is 2.03 bits per heavy atom. The number of hydrogen-bond donors (Lipinski definition) is 3. The van der Waals surface area contributed by atoms with E-state index < -0.39 is 23.7 Å². The molecule has 0 bridgehead atoms. The molecule has 2 aliphatic rings. The van der Waals surface area contributed by atoms with Gasteiger partial charge in [0.05, 0.1) is 21.5 Å². The summed E-state index contributed by atoms with van der Waals surface area (Å²) in [5.74, 6) is -2.51. The van der Waals surface area contributed by atoms with E-state index in [4.69, 9.17) is 16.3 Å². The Kier molecular flexibility index (Phi) is 7.44. The molecule has 12 heteroatoms. The minimum atomic E-state index is -1.07. The van der Waals surface area contributed by atoms with Crippen LogP contribution in [-0.4, -0.2) is 56.0 Å². The lowest BCUT2D eigenvalue weighted by atomic mass is 10.2. The number of anilines is 2. The molecule has 1 aliphatic carbocycles. The predicted octanol–water partition coefficient (Wildman–Crippen LogP) is 2.17. The molecule has 4 amide bonds. The Morgan fingerprint density at radius 1 is 1.24 bits per heavy atom. The summed E-state index contributed by atoms with van der Waals surface area (Å²) < 4.78 is 20.2. The zero-order valence-electron chi connectivity index (χ0n) is 17.9. The number of morpholine rings is 1. The molecule has 1 aromatic carbocycles. The van der Waals surface area contributed by atoms with Crippen molar-refractivity contribution in [2.75, 3.05) is 36.5 Å². The maximum Gasteiger partial charge on any atom is 0.261 e. The Bertz CT molecular complexity index is 1120. The van der Waals surface area contributed by atoms with Gasteiger partial charge in [-0.2, -0.15) is 0 Å². The number of carbonyl (C=O) groups is 4. The molecule has 4 rings (SSSR count). The van der Waals surface area contributed by atoms with Crippen molar-refractivity contribution in [3.63, 3.8) is 0 Å². The highest BCUT2D eigenvalue weighted by atomic mass is 35.5. The fourth-order valence-corrected chi connectivity index (χ4v) is 4.33. The molecule has 0 spiro atoms. The van der Waals surface area contributed by atoms with E-state index in [0.717, 1.165) is 30.2 Å². The third-order valence-electron chi connectivity index (χ3n) is 5.34. The molecule has 0 radical (unpaired) electrons. The van der Waals surface area contributed by atoms with Crippen molar-refractivity contribution in [3.05, 3.63) is 45.4 Å². The molecule has 1 saturated heterocycles. The molecule has 3 N–H and O–H groups in total. The molecule has 0 unspecified atom stereocenters. The molecular formula is C22H22ClFN4O5S. The average Bonchev–Trinajstić information content (AvgIpc) is 3.57. The van der Waals surface area contributed by atoms with E-state index in [9.17, 15) is 23.6 Å². The number of carbonyl (C=O) groups excluding carboxylic acids is 4. The Balaban J connectivity index is 1.42. The average molecular weight is 509 g/mol. The van der Waals surface area contributed by atoms with Gasteiger partial charge in [-0.05, 0) is 43.2 Å². The van der Waals surface area contributed by atoms with Gasteiger partial charge in [-0.1, -0.05) is 11.6 Å². The Morgan fingerprint density at radius 3 is 2.68 bits per heavy atom. The summed E-state index contributed by atoms with van der Waals surface area (Å²) in [6, 6.07) is 6.03. The van der Waals surface area contributed by atoms with Gasteiger partial charge in [0.1, 0.15) is 18.5 Å². The molecule has 2 aromatic rings. The smallest absolute Gasteiger partial charge is 0.261 e. The van der Waals surface area contributed by atoms with Gasteiger partial charge in [0.25, 0.3) is 11.8 Å². The molecule has 2 fully saturated rings. The quantitative estimate of drug-likeness (QED) is 0.505. The van der Waals surface area contributed by atoms with E-state index in [1.54, 1.807) is 12.1 Å². The Hall–Kier alpha value is -3.02. The summed E-state index contributed by atoms with van der Waals surface area (Å²) in [6.07, 6.45) is 1.49. The second-order valence-electron chi connectivity index (χ2n) is 7.90. The Labute approximate surface area is 203 Å². The topological polar surface area (TPSA) is 117 Å². The van der Waals surface area contributed by atoms with Gasteiger partial charge >= 0.3 is 0 Å². The molecular weight excluding hydrogens is 487 g/mol. The second kappa shape index (κ2) is 10.5. The van der Waals surface area contributed by atoms with Crippen molar-refractivity contribution in [2.45, 2.75) is 18.9 Å². The summed E-state index contributed by atoms with van der Waals surface area (Å²) in [4.78, 5) is 51.1. The molecule has 180 valence electrons. The van der Waals surface area contributed by atoms with Crippen LogP contribution in [0.2, 0.25) is 4.34 Å². The van der Waals surface area contributed by atoms with Gasteiger partial charge in [0.2, 0.25) is 11.8 Å². The molecule has 1 aliphatic heterocycles. The minimum Gasteiger partial charge on any atom is -0.370 e. The normalized spacial score (nSPS) is 16.6. The number of thiophene rings is 1. The number of halogens is 2. The van der Waals surface area contributed by atoms with E-state index >= 15 is 0 Å². The monoisotopic (exact) mass is 508 g/mol. The van der Waals surface area contributed by atoms with Crippen LogP contribution in [0, 0.1) is 11.7 Å². The lowest BCUT2D eigenvalue weighted by Crippen LogP contribution is -2.51. The first-order valence-corrected chi connectivity index (χ1v) is 11.8. The molecule has 1 saturated carbocycles. The zero-order chi connectivity index (χ0) is 24.2. The second-order valence-corrected chi connectivity index (χ2v) is 9.62. The molecule has 9 nitrogen and oxygen atoms in total. The van der Waals surface area contributed by atoms with Crippen molar-refractivity contribution in [3.8, 4) is 0 Å². The number of amides is 4. The van der Waals surface area contributed by atoms with Crippen molar-refractivity contribution in [1.82, 2.24) is 10.6 Å². The number of nitrogens with one attached hydrogen (secondary N) is 3. The molecule has 1 aromatic heterocycles. The third kappa shape index (κ3) is 5.91. The van der Waals surface area contributed by atoms with Crippen LogP contribution in [0.1, 0.15) is 22.5 Å².